The Kier molecular flexibility index (Phi) is 5.69. The van der Waals surface area contributed by atoms with Crippen molar-refractivity contribution in [3.8, 4) is 11.5 Å². The predicted octanol–water partition coefficient (Wildman–Crippen LogP) is 4.72. The molecule has 0 spiro atoms. The van der Waals surface area contributed by atoms with E-state index < -0.39 is 11.8 Å². The normalized spacial score (nSPS) is 13.6. The minimum Gasteiger partial charge on any atom is -0.497 e. The average Bonchev–Trinajstić information content (AvgIpc) is 3.03. The van der Waals surface area contributed by atoms with E-state index in [1.54, 1.807) is 25.3 Å². The lowest BCUT2D eigenvalue weighted by Gasteiger charge is -2.19. The lowest BCUT2D eigenvalue weighted by molar-refractivity contribution is -0.120. The monoisotopic (exact) mass is 428 g/mol. The Morgan fingerprint density at radius 1 is 0.781 bits per heavy atom. The van der Waals surface area contributed by atoms with Crippen LogP contribution in [0.3, 0.4) is 0 Å². The standard InChI is InChI=1S/C26H24N2O4/c1-16-8-10-18(11-9-16)23-24(27-19-7-5-6-17(2)14-19)26(30)28(25(23)29)21-13-12-20(31-3)15-22(21)32-4/h5-15,27H,1-4H3. The predicted molar refractivity (Wildman–Crippen MR) is 125 cm³/mol. The van der Waals surface area contributed by atoms with Crippen LogP contribution in [0.2, 0.25) is 0 Å². The highest BCUT2D eigenvalue weighted by Crippen LogP contribution is 2.39. The number of carbonyl (C=O) groups excluding carboxylic acids is 2. The molecule has 0 aliphatic carbocycles. The minimum absolute atomic E-state index is 0.224. The van der Waals surface area contributed by atoms with E-state index in [2.05, 4.69) is 5.32 Å². The summed E-state index contributed by atoms with van der Waals surface area (Å²) < 4.78 is 10.7. The Balaban J connectivity index is 1.84. The molecule has 162 valence electrons. The summed E-state index contributed by atoms with van der Waals surface area (Å²) >= 11 is 0. The fourth-order valence-corrected chi connectivity index (χ4v) is 3.69. The molecule has 0 aromatic heterocycles. The third-order valence-corrected chi connectivity index (χ3v) is 5.34. The second-order valence-electron chi connectivity index (χ2n) is 7.59. The largest absolute Gasteiger partial charge is 0.497 e. The fraction of sp³-hybridized carbons (Fsp3) is 0.154. The number of hydrogen-bond acceptors (Lipinski definition) is 5. The zero-order valence-corrected chi connectivity index (χ0v) is 18.4. The molecule has 0 radical (unpaired) electrons. The molecule has 0 bridgehead atoms. The molecule has 2 amide bonds. The van der Waals surface area contributed by atoms with Crippen LogP contribution in [0.15, 0.2) is 72.4 Å². The van der Waals surface area contributed by atoms with Crippen LogP contribution in [0.1, 0.15) is 16.7 Å². The summed E-state index contributed by atoms with van der Waals surface area (Å²) in [5.74, 6) is 0.0636. The topological polar surface area (TPSA) is 67.9 Å². The van der Waals surface area contributed by atoms with Crippen LogP contribution in [0.25, 0.3) is 5.57 Å². The molecular formula is C26H24N2O4. The van der Waals surface area contributed by atoms with E-state index in [0.29, 0.717) is 28.3 Å². The van der Waals surface area contributed by atoms with Gasteiger partial charge in [0.1, 0.15) is 17.2 Å². The summed E-state index contributed by atoms with van der Waals surface area (Å²) in [4.78, 5) is 28.3. The van der Waals surface area contributed by atoms with Crippen molar-refractivity contribution < 1.29 is 19.1 Å². The molecule has 1 aliphatic rings. The summed E-state index contributed by atoms with van der Waals surface area (Å²) in [6.45, 7) is 3.94. The van der Waals surface area contributed by atoms with Gasteiger partial charge >= 0.3 is 0 Å². The van der Waals surface area contributed by atoms with Gasteiger partial charge in [-0.05, 0) is 49.2 Å². The van der Waals surface area contributed by atoms with E-state index in [1.165, 1.54) is 7.11 Å². The van der Waals surface area contributed by atoms with Crippen LogP contribution in [-0.4, -0.2) is 26.0 Å². The molecule has 1 N–H and O–H groups in total. The lowest BCUT2D eigenvalue weighted by atomic mass is 10.0. The van der Waals surface area contributed by atoms with Gasteiger partial charge in [0.25, 0.3) is 11.8 Å². The first-order valence-electron chi connectivity index (χ1n) is 10.2. The van der Waals surface area contributed by atoms with E-state index in [-0.39, 0.29) is 5.70 Å². The number of aryl methyl sites for hydroxylation is 2. The van der Waals surface area contributed by atoms with Crippen LogP contribution in [0.5, 0.6) is 11.5 Å². The molecule has 0 saturated carbocycles. The Labute approximate surface area is 187 Å². The molecule has 1 aliphatic heterocycles. The van der Waals surface area contributed by atoms with Gasteiger partial charge in [0.05, 0.1) is 25.5 Å². The Bertz CT molecular complexity index is 1230. The number of carbonyl (C=O) groups is 2. The van der Waals surface area contributed by atoms with Gasteiger partial charge in [-0.1, -0.05) is 42.0 Å². The number of anilines is 2. The van der Waals surface area contributed by atoms with Gasteiger partial charge in [0, 0.05) is 11.8 Å². The van der Waals surface area contributed by atoms with Crippen molar-refractivity contribution in [2.75, 3.05) is 24.4 Å². The summed E-state index contributed by atoms with van der Waals surface area (Å²) in [5, 5.41) is 3.19. The second-order valence-corrected chi connectivity index (χ2v) is 7.59. The first-order valence-corrected chi connectivity index (χ1v) is 10.2. The number of methoxy groups -OCH3 is 2. The number of amides is 2. The van der Waals surface area contributed by atoms with Crippen molar-refractivity contribution in [1.82, 2.24) is 0 Å². The van der Waals surface area contributed by atoms with Gasteiger partial charge in [0.15, 0.2) is 0 Å². The summed E-state index contributed by atoms with van der Waals surface area (Å²) in [7, 11) is 3.03. The number of ether oxygens (including phenoxy) is 2. The Morgan fingerprint density at radius 3 is 2.19 bits per heavy atom. The number of imide groups is 1. The molecule has 3 aromatic rings. The maximum atomic E-state index is 13.6. The maximum absolute atomic E-state index is 13.6. The van der Waals surface area contributed by atoms with Crippen molar-refractivity contribution in [2.45, 2.75) is 13.8 Å². The van der Waals surface area contributed by atoms with E-state index >= 15 is 0 Å². The molecule has 6 heteroatoms. The van der Waals surface area contributed by atoms with Gasteiger partial charge in [0.2, 0.25) is 0 Å². The van der Waals surface area contributed by atoms with Crippen molar-refractivity contribution in [3.05, 3.63) is 89.1 Å². The Hall–Kier alpha value is -4.06. The molecular weight excluding hydrogens is 404 g/mol. The highest BCUT2D eigenvalue weighted by atomic mass is 16.5. The molecule has 3 aromatic carbocycles. The zero-order valence-electron chi connectivity index (χ0n) is 18.4. The first-order chi connectivity index (χ1) is 15.4. The van der Waals surface area contributed by atoms with Gasteiger partial charge in [-0.15, -0.1) is 0 Å². The van der Waals surface area contributed by atoms with Crippen LogP contribution in [-0.2, 0) is 9.59 Å². The second kappa shape index (κ2) is 8.59. The van der Waals surface area contributed by atoms with Gasteiger partial charge in [-0.25, -0.2) is 4.90 Å². The highest BCUT2D eigenvalue weighted by molar-refractivity contribution is 6.46. The molecule has 1 heterocycles. The number of rotatable bonds is 6. The quantitative estimate of drug-likeness (QED) is 0.576. The molecule has 0 fully saturated rings. The van der Waals surface area contributed by atoms with E-state index in [4.69, 9.17) is 9.47 Å². The van der Waals surface area contributed by atoms with E-state index in [9.17, 15) is 9.59 Å². The highest BCUT2D eigenvalue weighted by Gasteiger charge is 2.41. The molecule has 6 nitrogen and oxygen atoms in total. The first kappa shape index (κ1) is 21.2. The van der Waals surface area contributed by atoms with Crippen LogP contribution >= 0.6 is 0 Å². The number of benzene rings is 3. The summed E-state index contributed by atoms with van der Waals surface area (Å²) in [5.41, 5.74) is 4.39. The molecule has 0 unspecified atom stereocenters. The molecule has 32 heavy (non-hydrogen) atoms. The van der Waals surface area contributed by atoms with Crippen molar-refractivity contribution in [1.29, 1.82) is 0 Å². The maximum Gasteiger partial charge on any atom is 0.282 e. The number of nitrogens with zero attached hydrogens (tertiary/aromatic N) is 1. The number of hydrogen-bond donors (Lipinski definition) is 1. The van der Waals surface area contributed by atoms with Gasteiger partial charge < -0.3 is 14.8 Å². The van der Waals surface area contributed by atoms with E-state index in [0.717, 1.165) is 21.7 Å². The molecule has 0 atom stereocenters. The molecule has 0 saturated heterocycles. The smallest absolute Gasteiger partial charge is 0.282 e. The summed E-state index contributed by atoms with van der Waals surface area (Å²) in [6, 6.07) is 20.2. The SMILES string of the molecule is COc1ccc(N2C(=O)C(Nc3cccc(C)c3)=C(c3ccc(C)cc3)C2=O)c(OC)c1. The van der Waals surface area contributed by atoms with Crippen LogP contribution < -0.4 is 19.7 Å². The molecule has 4 rings (SSSR count). The third kappa shape index (κ3) is 3.83. The third-order valence-electron chi connectivity index (χ3n) is 5.34. The number of nitrogens with one attached hydrogen (secondary N) is 1. The van der Waals surface area contributed by atoms with Crippen LogP contribution in [0.4, 0.5) is 11.4 Å². The van der Waals surface area contributed by atoms with Gasteiger partial charge in [-0.2, -0.15) is 0 Å². The van der Waals surface area contributed by atoms with Crippen LogP contribution in [0, 0.1) is 13.8 Å². The van der Waals surface area contributed by atoms with Crippen molar-refractivity contribution in [2.24, 2.45) is 0 Å². The fourth-order valence-electron chi connectivity index (χ4n) is 3.69. The van der Waals surface area contributed by atoms with E-state index in [1.807, 2.05) is 62.4 Å². The van der Waals surface area contributed by atoms with Crippen molar-refractivity contribution >= 4 is 28.8 Å². The van der Waals surface area contributed by atoms with Gasteiger partial charge in [-0.3, -0.25) is 9.59 Å². The Morgan fingerprint density at radius 2 is 1.53 bits per heavy atom. The summed E-state index contributed by atoms with van der Waals surface area (Å²) in [6.07, 6.45) is 0. The minimum atomic E-state index is -0.449. The van der Waals surface area contributed by atoms with Crippen molar-refractivity contribution in [3.63, 3.8) is 0 Å². The zero-order chi connectivity index (χ0) is 22.8. The lowest BCUT2D eigenvalue weighted by Crippen LogP contribution is -2.32. The average molecular weight is 428 g/mol.